The second-order valence-electron chi connectivity index (χ2n) is 6.10. The molecule has 1 N–H and O–H groups in total. The number of carboxylic acid groups (broad SMARTS) is 1. The lowest BCUT2D eigenvalue weighted by molar-refractivity contribution is -0.143. The standard InChI is InChI=1S/C14H25N3O2/c1-7-11(13(18)19)16(5)8-10-9-17(6)15-12(10)14(2,3)4/h9,11H,7-8H2,1-6H3,(H,18,19). The van der Waals surface area contributed by atoms with Gasteiger partial charge in [-0.05, 0) is 13.5 Å². The molecule has 1 rings (SSSR count). The fourth-order valence-corrected chi connectivity index (χ4v) is 2.34. The van der Waals surface area contributed by atoms with Crippen molar-refractivity contribution in [2.45, 2.75) is 52.1 Å². The molecule has 108 valence electrons. The van der Waals surface area contributed by atoms with Crippen molar-refractivity contribution in [3.8, 4) is 0 Å². The molecule has 5 nitrogen and oxygen atoms in total. The SMILES string of the molecule is CCC(C(=O)O)N(C)Cc1cn(C)nc1C(C)(C)C. The molecule has 0 aliphatic heterocycles. The van der Waals surface area contributed by atoms with Crippen LogP contribution in [-0.2, 0) is 23.8 Å². The predicted molar refractivity (Wildman–Crippen MR) is 75.1 cm³/mol. The molecule has 0 aromatic carbocycles. The molecule has 0 saturated carbocycles. The Bertz CT molecular complexity index is 446. The first kappa shape index (κ1) is 15.7. The Morgan fingerprint density at radius 1 is 1.53 bits per heavy atom. The van der Waals surface area contributed by atoms with E-state index in [1.807, 2.05) is 32.1 Å². The van der Waals surface area contributed by atoms with Crippen LogP contribution in [0.2, 0.25) is 0 Å². The Hall–Kier alpha value is -1.36. The van der Waals surface area contributed by atoms with Crippen molar-refractivity contribution in [1.29, 1.82) is 0 Å². The summed E-state index contributed by atoms with van der Waals surface area (Å²) in [6, 6.07) is -0.451. The van der Waals surface area contributed by atoms with Crippen LogP contribution in [-0.4, -0.2) is 38.8 Å². The van der Waals surface area contributed by atoms with Crippen molar-refractivity contribution in [3.05, 3.63) is 17.5 Å². The third-order valence-corrected chi connectivity index (χ3v) is 3.24. The normalized spacial score (nSPS) is 13.8. The highest BCUT2D eigenvalue weighted by atomic mass is 16.4. The van der Waals surface area contributed by atoms with Crippen LogP contribution in [0.25, 0.3) is 0 Å². The Labute approximate surface area is 115 Å². The molecule has 1 unspecified atom stereocenters. The molecule has 19 heavy (non-hydrogen) atoms. The van der Waals surface area contributed by atoms with Crippen molar-refractivity contribution >= 4 is 5.97 Å². The van der Waals surface area contributed by atoms with E-state index >= 15 is 0 Å². The third-order valence-electron chi connectivity index (χ3n) is 3.24. The molecule has 0 aliphatic rings. The summed E-state index contributed by atoms with van der Waals surface area (Å²) < 4.78 is 1.80. The van der Waals surface area contributed by atoms with Gasteiger partial charge in [-0.1, -0.05) is 27.7 Å². The summed E-state index contributed by atoms with van der Waals surface area (Å²) in [5.74, 6) is -0.772. The van der Waals surface area contributed by atoms with Gasteiger partial charge in [0.25, 0.3) is 0 Å². The maximum absolute atomic E-state index is 11.2. The lowest BCUT2D eigenvalue weighted by Gasteiger charge is -2.25. The molecule has 0 saturated heterocycles. The molecule has 0 fully saturated rings. The van der Waals surface area contributed by atoms with Crippen molar-refractivity contribution in [3.63, 3.8) is 0 Å². The van der Waals surface area contributed by atoms with Gasteiger partial charge in [0.2, 0.25) is 0 Å². The second-order valence-corrected chi connectivity index (χ2v) is 6.10. The monoisotopic (exact) mass is 267 g/mol. The zero-order valence-corrected chi connectivity index (χ0v) is 12.8. The van der Waals surface area contributed by atoms with Gasteiger partial charge in [0.1, 0.15) is 6.04 Å². The quantitative estimate of drug-likeness (QED) is 0.886. The van der Waals surface area contributed by atoms with Gasteiger partial charge in [0.15, 0.2) is 0 Å². The number of carbonyl (C=O) groups is 1. The second kappa shape index (κ2) is 5.74. The molecule has 0 radical (unpaired) electrons. The molecule has 5 heteroatoms. The van der Waals surface area contributed by atoms with E-state index in [1.54, 1.807) is 4.68 Å². The van der Waals surface area contributed by atoms with Gasteiger partial charge in [-0.2, -0.15) is 5.10 Å². The number of likely N-dealkylation sites (N-methyl/N-ethyl adjacent to an activating group) is 1. The summed E-state index contributed by atoms with van der Waals surface area (Å²) in [7, 11) is 3.75. The molecule has 1 heterocycles. The minimum atomic E-state index is -0.772. The van der Waals surface area contributed by atoms with Crippen LogP contribution >= 0.6 is 0 Å². The van der Waals surface area contributed by atoms with E-state index in [0.717, 1.165) is 11.3 Å². The number of carboxylic acids is 1. The van der Waals surface area contributed by atoms with Crippen LogP contribution in [0.4, 0.5) is 0 Å². The molecule has 0 amide bonds. The largest absolute Gasteiger partial charge is 0.480 e. The third kappa shape index (κ3) is 3.80. The van der Waals surface area contributed by atoms with Gasteiger partial charge >= 0.3 is 5.97 Å². The molecular formula is C14H25N3O2. The fraction of sp³-hybridized carbons (Fsp3) is 0.714. The Kier molecular flexibility index (Phi) is 4.74. The van der Waals surface area contributed by atoms with Crippen molar-refractivity contribution in [2.24, 2.45) is 7.05 Å². The number of rotatable bonds is 5. The lowest BCUT2D eigenvalue weighted by atomic mass is 9.89. The molecule has 0 bridgehead atoms. The minimum Gasteiger partial charge on any atom is -0.480 e. The van der Waals surface area contributed by atoms with Crippen LogP contribution in [0, 0.1) is 0 Å². The van der Waals surface area contributed by atoms with E-state index < -0.39 is 12.0 Å². The smallest absolute Gasteiger partial charge is 0.320 e. The Morgan fingerprint density at radius 2 is 2.11 bits per heavy atom. The van der Waals surface area contributed by atoms with E-state index in [0.29, 0.717) is 13.0 Å². The topological polar surface area (TPSA) is 58.4 Å². The number of aromatic nitrogens is 2. The van der Waals surface area contributed by atoms with Crippen molar-refractivity contribution in [1.82, 2.24) is 14.7 Å². The molecule has 0 aliphatic carbocycles. The van der Waals surface area contributed by atoms with Gasteiger partial charge in [-0.3, -0.25) is 14.4 Å². The maximum atomic E-state index is 11.2. The minimum absolute atomic E-state index is 0.0393. The first-order valence-electron chi connectivity index (χ1n) is 6.62. The Morgan fingerprint density at radius 3 is 2.53 bits per heavy atom. The predicted octanol–water partition coefficient (Wildman–Crippen LogP) is 2.01. The van der Waals surface area contributed by atoms with E-state index in [4.69, 9.17) is 0 Å². The van der Waals surface area contributed by atoms with Gasteiger partial charge in [0, 0.05) is 30.8 Å². The number of aliphatic carboxylic acids is 1. The summed E-state index contributed by atoms with van der Waals surface area (Å²) in [4.78, 5) is 13.1. The highest BCUT2D eigenvalue weighted by molar-refractivity contribution is 5.73. The highest BCUT2D eigenvalue weighted by Crippen LogP contribution is 2.25. The van der Waals surface area contributed by atoms with Gasteiger partial charge < -0.3 is 5.11 Å². The van der Waals surface area contributed by atoms with Crippen molar-refractivity contribution in [2.75, 3.05) is 7.05 Å². The first-order valence-corrected chi connectivity index (χ1v) is 6.62. The zero-order valence-electron chi connectivity index (χ0n) is 12.8. The zero-order chi connectivity index (χ0) is 14.8. The first-order chi connectivity index (χ1) is 8.66. The highest BCUT2D eigenvalue weighted by Gasteiger charge is 2.26. The van der Waals surface area contributed by atoms with E-state index in [1.165, 1.54) is 0 Å². The summed E-state index contributed by atoms with van der Waals surface area (Å²) in [5.41, 5.74) is 2.09. The average molecular weight is 267 g/mol. The molecular weight excluding hydrogens is 242 g/mol. The summed E-state index contributed by atoms with van der Waals surface area (Å²) in [5, 5.41) is 13.7. The van der Waals surface area contributed by atoms with E-state index in [2.05, 4.69) is 25.9 Å². The summed E-state index contributed by atoms with van der Waals surface area (Å²) in [6.45, 7) is 8.85. The van der Waals surface area contributed by atoms with Gasteiger partial charge in [-0.15, -0.1) is 0 Å². The fourth-order valence-electron chi connectivity index (χ4n) is 2.34. The molecule has 1 atom stereocenters. The summed E-state index contributed by atoms with van der Waals surface area (Å²) >= 11 is 0. The van der Waals surface area contributed by atoms with Crippen LogP contribution in [0.5, 0.6) is 0 Å². The number of hydrogen-bond acceptors (Lipinski definition) is 3. The molecule has 1 aromatic rings. The van der Waals surface area contributed by atoms with Gasteiger partial charge in [-0.25, -0.2) is 0 Å². The van der Waals surface area contributed by atoms with Crippen LogP contribution in [0.1, 0.15) is 45.4 Å². The van der Waals surface area contributed by atoms with E-state index in [-0.39, 0.29) is 5.41 Å². The summed E-state index contributed by atoms with van der Waals surface area (Å²) in [6.07, 6.45) is 2.57. The van der Waals surface area contributed by atoms with Gasteiger partial charge in [0.05, 0.1) is 5.69 Å². The molecule has 0 spiro atoms. The number of hydrogen-bond donors (Lipinski definition) is 1. The maximum Gasteiger partial charge on any atom is 0.320 e. The van der Waals surface area contributed by atoms with E-state index in [9.17, 15) is 9.90 Å². The molecule has 1 aromatic heterocycles. The van der Waals surface area contributed by atoms with Crippen molar-refractivity contribution < 1.29 is 9.90 Å². The average Bonchev–Trinajstić information content (AvgIpc) is 2.59. The Balaban J connectivity index is 2.96. The number of nitrogens with zero attached hydrogens (tertiary/aromatic N) is 3. The van der Waals surface area contributed by atoms with Crippen LogP contribution in [0.3, 0.4) is 0 Å². The van der Waals surface area contributed by atoms with Crippen LogP contribution < -0.4 is 0 Å². The van der Waals surface area contributed by atoms with Crippen LogP contribution in [0.15, 0.2) is 6.20 Å². The number of aryl methyl sites for hydroxylation is 1. The lowest BCUT2D eigenvalue weighted by Crippen LogP contribution is -2.37.